The first-order chi connectivity index (χ1) is 11.2. The maximum Gasteiger partial charge on any atom is 0.163 e. The van der Waals surface area contributed by atoms with E-state index in [9.17, 15) is 4.79 Å². The normalized spacial score (nSPS) is 19.9. The zero-order valence-electron chi connectivity index (χ0n) is 13.3. The van der Waals surface area contributed by atoms with Gasteiger partial charge in [0.15, 0.2) is 5.78 Å². The average Bonchev–Trinajstić information content (AvgIpc) is 2.93. The number of carbonyl (C=O) groups is 1. The van der Waals surface area contributed by atoms with E-state index < -0.39 is 0 Å². The SMILES string of the molecule is COc1ccc(C2C3=C(CCCC3=O)Nc3cc(C)nn32)cc1. The first-order valence-electron chi connectivity index (χ1n) is 7.91. The predicted molar refractivity (Wildman–Crippen MR) is 87.6 cm³/mol. The van der Waals surface area contributed by atoms with Crippen LogP contribution in [-0.2, 0) is 4.79 Å². The van der Waals surface area contributed by atoms with Crippen molar-refractivity contribution in [3.63, 3.8) is 0 Å². The molecule has 0 spiro atoms. The summed E-state index contributed by atoms with van der Waals surface area (Å²) in [6.45, 7) is 1.97. The smallest absolute Gasteiger partial charge is 0.163 e. The zero-order chi connectivity index (χ0) is 16.0. The molecule has 1 N–H and O–H groups in total. The Hall–Kier alpha value is -2.56. The number of anilines is 1. The summed E-state index contributed by atoms with van der Waals surface area (Å²) < 4.78 is 7.17. The standard InChI is InChI=1S/C18H19N3O2/c1-11-10-16-19-14-4-3-5-15(22)17(14)18(21(16)20-11)12-6-8-13(23-2)9-7-12/h6-10,18-19H,3-5H2,1-2H3. The first kappa shape index (κ1) is 14.1. The molecular formula is C18H19N3O2. The van der Waals surface area contributed by atoms with Crippen molar-refractivity contribution in [3.05, 3.63) is 52.9 Å². The summed E-state index contributed by atoms with van der Waals surface area (Å²) in [4.78, 5) is 12.6. The highest BCUT2D eigenvalue weighted by Gasteiger charge is 2.35. The third-order valence-electron chi connectivity index (χ3n) is 4.54. The summed E-state index contributed by atoms with van der Waals surface area (Å²) in [5, 5.41) is 8.02. The van der Waals surface area contributed by atoms with Gasteiger partial charge in [-0.05, 0) is 37.5 Å². The average molecular weight is 309 g/mol. The number of benzene rings is 1. The predicted octanol–water partition coefficient (Wildman–Crippen LogP) is 3.22. The van der Waals surface area contributed by atoms with E-state index in [1.54, 1.807) is 7.11 Å². The second-order valence-electron chi connectivity index (χ2n) is 6.09. The van der Waals surface area contributed by atoms with Crippen LogP contribution in [0.3, 0.4) is 0 Å². The van der Waals surface area contributed by atoms with Gasteiger partial charge in [-0.1, -0.05) is 12.1 Å². The van der Waals surface area contributed by atoms with Crippen molar-refractivity contribution >= 4 is 11.6 Å². The molecule has 0 bridgehead atoms. The first-order valence-corrected chi connectivity index (χ1v) is 7.91. The van der Waals surface area contributed by atoms with Crippen LogP contribution < -0.4 is 10.1 Å². The molecule has 0 saturated carbocycles. The molecule has 0 fully saturated rings. The van der Waals surface area contributed by atoms with Gasteiger partial charge in [-0.3, -0.25) is 4.79 Å². The fourth-order valence-electron chi connectivity index (χ4n) is 3.49. The highest BCUT2D eigenvalue weighted by Crippen LogP contribution is 2.40. The molecule has 1 unspecified atom stereocenters. The number of rotatable bonds is 2. The number of ether oxygens (including phenoxy) is 1. The number of nitrogens with one attached hydrogen (secondary N) is 1. The number of ketones is 1. The number of hydrogen-bond acceptors (Lipinski definition) is 4. The minimum Gasteiger partial charge on any atom is -0.497 e. The number of methoxy groups -OCH3 is 1. The van der Waals surface area contributed by atoms with E-state index in [-0.39, 0.29) is 11.8 Å². The van der Waals surface area contributed by atoms with Crippen molar-refractivity contribution in [2.45, 2.75) is 32.2 Å². The molecular weight excluding hydrogens is 290 g/mol. The number of aryl methyl sites for hydroxylation is 1. The van der Waals surface area contributed by atoms with Crippen LogP contribution in [0.15, 0.2) is 41.6 Å². The van der Waals surface area contributed by atoms with Crippen LogP contribution in [0, 0.1) is 6.92 Å². The number of carbonyl (C=O) groups excluding carboxylic acids is 1. The summed E-state index contributed by atoms with van der Waals surface area (Å²) in [7, 11) is 1.65. The molecule has 1 aromatic heterocycles. The van der Waals surface area contributed by atoms with E-state index in [0.29, 0.717) is 6.42 Å². The maximum absolute atomic E-state index is 12.6. The molecule has 0 radical (unpaired) electrons. The molecule has 5 heteroatoms. The Morgan fingerprint density at radius 3 is 2.78 bits per heavy atom. The van der Waals surface area contributed by atoms with Gasteiger partial charge in [0, 0.05) is 23.8 Å². The molecule has 118 valence electrons. The van der Waals surface area contributed by atoms with Crippen molar-refractivity contribution in [2.75, 3.05) is 12.4 Å². The van der Waals surface area contributed by atoms with Gasteiger partial charge in [-0.25, -0.2) is 4.68 Å². The van der Waals surface area contributed by atoms with Crippen molar-refractivity contribution in [1.29, 1.82) is 0 Å². The fraction of sp³-hybridized carbons (Fsp3) is 0.333. The molecule has 0 amide bonds. The molecule has 1 aliphatic heterocycles. The van der Waals surface area contributed by atoms with Crippen LogP contribution in [0.5, 0.6) is 5.75 Å². The highest BCUT2D eigenvalue weighted by molar-refractivity contribution is 5.99. The lowest BCUT2D eigenvalue weighted by Crippen LogP contribution is -2.31. The summed E-state index contributed by atoms with van der Waals surface area (Å²) in [6, 6.07) is 9.76. The molecule has 1 atom stereocenters. The second-order valence-corrected chi connectivity index (χ2v) is 6.09. The minimum atomic E-state index is -0.159. The number of aromatic nitrogens is 2. The van der Waals surface area contributed by atoms with Crippen LogP contribution in [0.25, 0.3) is 0 Å². The van der Waals surface area contributed by atoms with E-state index in [0.717, 1.165) is 46.9 Å². The monoisotopic (exact) mass is 309 g/mol. The van der Waals surface area contributed by atoms with Crippen LogP contribution in [0.2, 0.25) is 0 Å². The summed E-state index contributed by atoms with van der Waals surface area (Å²) in [5.74, 6) is 1.99. The maximum atomic E-state index is 12.6. The fourth-order valence-corrected chi connectivity index (χ4v) is 3.49. The molecule has 5 nitrogen and oxygen atoms in total. The molecule has 1 aliphatic carbocycles. The van der Waals surface area contributed by atoms with Gasteiger partial charge in [0.25, 0.3) is 0 Å². The van der Waals surface area contributed by atoms with Gasteiger partial charge in [0.1, 0.15) is 17.6 Å². The molecule has 23 heavy (non-hydrogen) atoms. The van der Waals surface area contributed by atoms with E-state index in [1.165, 1.54) is 0 Å². The lowest BCUT2D eigenvalue weighted by Gasteiger charge is -2.33. The van der Waals surface area contributed by atoms with Gasteiger partial charge in [-0.15, -0.1) is 0 Å². The molecule has 4 rings (SSSR count). The number of fused-ring (bicyclic) bond motifs is 1. The minimum absolute atomic E-state index is 0.159. The quantitative estimate of drug-likeness (QED) is 0.925. The Morgan fingerprint density at radius 2 is 2.04 bits per heavy atom. The summed E-state index contributed by atoms with van der Waals surface area (Å²) in [6.07, 6.45) is 2.44. The highest BCUT2D eigenvalue weighted by atomic mass is 16.5. The van der Waals surface area contributed by atoms with Crippen molar-refractivity contribution < 1.29 is 9.53 Å². The van der Waals surface area contributed by atoms with Crippen molar-refractivity contribution in [3.8, 4) is 5.75 Å². The van der Waals surface area contributed by atoms with Gasteiger partial charge < -0.3 is 10.1 Å². The Bertz CT molecular complexity index is 802. The van der Waals surface area contributed by atoms with Crippen LogP contribution in [0.4, 0.5) is 5.82 Å². The molecule has 1 aromatic carbocycles. The molecule has 2 heterocycles. The summed E-state index contributed by atoms with van der Waals surface area (Å²) >= 11 is 0. The lowest BCUT2D eigenvalue weighted by atomic mass is 9.85. The summed E-state index contributed by atoms with van der Waals surface area (Å²) in [5.41, 5.74) is 3.91. The Balaban J connectivity index is 1.88. The van der Waals surface area contributed by atoms with Gasteiger partial charge in [0.2, 0.25) is 0 Å². The van der Waals surface area contributed by atoms with Crippen LogP contribution in [-0.4, -0.2) is 22.7 Å². The number of allylic oxidation sites excluding steroid dienone is 2. The topological polar surface area (TPSA) is 56.1 Å². The van der Waals surface area contributed by atoms with Crippen LogP contribution >= 0.6 is 0 Å². The third kappa shape index (κ3) is 2.23. The van der Waals surface area contributed by atoms with Gasteiger partial charge in [0.05, 0.1) is 12.8 Å². The van der Waals surface area contributed by atoms with E-state index in [1.807, 2.05) is 41.9 Å². The third-order valence-corrected chi connectivity index (χ3v) is 4.54. The van der Waals surface area contributed by atoms with Crippen LogP contribution in [0.1, 0.15) is 36.6 Å². The van der Waals surface area contributed by atoms with Crippen molar-refractivity contribution in [2.24, 2.45) is 0 Å². The van der Waals surface area contributed by atoms with Crippen molar-refractivity contribution in [1.82, 2.24) is 9.78 Å². The number of nitrogens with zero attached hydrogens (tertiary/aromatic N) is 2. The van der Waals surface area contributed by atoms with E-state index in [2.05, 4.69) is 10.4 Å². The Kier molecular flexibility index (Phi) is 3.22. The zero-order valence-corrected chi connectivity index (χ0v) is 13.3. The van der Waals surface area contributed by atoms with E-state index >= 15 is 0 Å². The Morgan fingerprint density at radius 1 is 1.26 bits per heavy atom. The Labute approximate surface area is 135 Å². The molecule has 0 saturated heterocycles. The lowest BCUT2D eigenvalue weighted by molar-refractivity contribution is -0.116. The second kappa shape index (κ2) is 5.26. The van der Waals surface area contributed by atoms with Gasteiger partial charge >= 0.3 is 0 Å². The number of Topliss-reactive ketones (excluding diaryl/α,β-unsaturated/α-hetero) is 1. The van der Waals surface area contributed by atoms with Gasteiger partial charge in [-0.2, -0.15) is 5.10 Å². The largest absolute Gasteiger partial charge is 0.497 e. The van der Waals surface area contributed by atoms with E-state index in [4.69, 9.17) is 4.74 Å². The number of hydrogen-bond donors (Lipinski definition) is 1. The molecule has 2 aromatic rings. The molecule has 2 aliphatic rings.